The van der Waals surface area contributed by atoms with Gasteiger partial charge in [-0.25, -0.2) is 0 Å². The van der Waals surface area contributed by atoms with Crippen LogP contribution in [0.25, 0.3) is 0 Å². The normalized spacial score (nSPS) is 15.8. The molecule has 0 radical (unpaired) electrons. The zero-order chi connectivity index (χ0) is 16.8. The second-order valence-corrected chi connectivity index (χ2v) is 8.15. The molecule has 6 nitrogen and oxygen atoms in total. The molecule has 122 valence electrons. The first-order valence-electron chi connectivity index (χ1n) is 7.51. The van der Waals surface area contributed by atoms with Crippen LogP contribution < -0.4 is 0 Å². The van der Waals surface area contributed by atoms with Gasteiger partial charge in [-0.1, -0.05) is 46.7 Å². The zero-order valence-corrected chi connectivity index (χ0v) is 14.5. The number of aromatic amines is 1. The number of hydrogen-bond donors (Lipinski definition) is 2. The van der Waals surface area contributed by atoms with Crippen LogP contribution in [0.5, 0.6) is 0 Å². The molecule has 2 aromatic rings. The molecule has 1 unspecified atom stereocenters. The smallest absolute Gasteiger partial charge is 0.258 e. The lowest BCUT2D eigenvalue weighted by Crippen LogP contribution is -2.25. The van der Waals surface area contributed by atoms with E-state index in [1.165, 1.54) is 0 Å². The molecule has 0 aromatic carbocycles. The number of nitrogens with zero attached hydrogens (tertiary/aromatic N) is 3. The number of H-pyrrole nitrogens is 1. The molecule has 22 heavy (non-hydrogen) atoms. The molecule has 0 saturated heterocycles. The lowest BCUT2D eigenvalue weighted by molar-refractivity contribution is 0.0222. The van der Waals surface area contributed by atoms with Crippen molar-refractivity contribution < 1.29 is 9.63 Å². The molecular weight excluding hydrogens is 280 g/mol. The zero-order valence-electron chi connectivity index (χ0n) is 14.5. The van der Waals surface area contributed by atoms with Gasteiger partial charge in [0.05, 0.1) is 5.69 Å². The topological polar surface area (TPSA) is 87.8 Å². The van der Waals surface area contributed by atoms with Gasteiger partial charge >= 0.3 is 0 Å². The van der Waals surface area contributed by atoms with E-state index in [-0.39, 0.29) is 16.7 Å². The summed E-state index contributed by atoms with van der Waals surface area (Å²) in [6, 6.07) is 1.97. The average Bonchev–Trinajstić information content (AvgIpc) is 2.93. The Labute approximate surface area is 131 Å². The first-order valence-corrected chi connectivity index (χ1v) is 7.51. The summed E-state index contributed by atoms with van der Waals surface area (Å²) in [5.41, 5.74) is 0.315. The van der Waals surface area contributed by atoms with Gasteiger partial charge in [-0.2, -0.15) is 10.1 Å². The maximum Gasteiger partial charge on any atom is 0.258 e. The molecule has 0 aliphatic carbocycles. The summed E-state index contributed by atoms with van der Waals surface area (Å²) in [5, 5.41) is 21.9. The molecule has 0 fully saturated rings. The van der Waals surface area contributed by atoms with Crippen LogP contribution in [0, 0.1) is 0 Å². The summed E-state index contributed by atoms with van der Waals surface area (Å²) in [5.74, 6) is 0.804. The van der Waals surface area contributed by atoms with Crippen molar-refractivity contribution in [2.45, 2.75) is 71.3 Å². The summed E-state index contributed by atoms with van der Waals surface area (Å²) < 4.78 is 5.25. The Morgan fingerprint density at radius 2 is 1.73 bits per heavy atom. The van der Waals surface area contributed by atoms with Gasteiger partial charge in [0.2, 0.25) is 0 Å². The SMILES string of the molecule is CC(C)(C)c1noc(C(C)(O)Cc2cc(C(C)(C)C)[nH]n2)n1. The molecule has 0 saturated carbocycles. The number of hydrogen-bond acceptors (Lipinski definition) is 5. The lowest BCUT2D eigenvalue weighted by atomic mass is 9.91. The van der Waals surface area contributed by atoms with Gasteiger partial charge in [0.25, 0.3) is 5.89 Å². The van der Waals surface area contributed by atoms with Crippen molar-refractivity contribution in [3.63, 3.8) is 0 Å². The number of aliphatic hydroxyl groups is 1. The van der Waals surface area contributed by atoms with Crippen LogP contribution in [0.4, 0.5) is 0 Å². The van der Waals surface area contributed by atoms with Gasteiger partial charge in [0.1, 0.15) is 5.60 Å². The largest absolute Gasteiger partial charge is 0.380 e. The van der Waals surface area contributed by atoms with Crippen LogP contribution in [0.15, 0.2) is 10.6 Å². The van der Waals surface area contributed by atoms with Crippen LogP contribution >= 0.6 is 0 Å². The van der Waals surface area contributed by atoms with E-state index in [9.17, 15) is 5.11 Å². The molecule has 2 N–H and O–H groups in total. The molecule has 0 amide bonds. The summed E-state index contributed by atoms with van der Waals surface area (Å²) >= 11 is 0. The van der Waals surface area contributed by atoms with E-state index in [0.29, 0.717) is 12.2 Å². The second kappa shape index (κ2) is 5.19. The standard InChI is InChI=1S/C16H26N4O2/c1-14(2,3)11-8-10(18-19-11)9-16(7,21)13-17-12(20-22-13)15(4,5)6/h8,21H,9H2,1-7H3,(H,18,19). The minimum Gasteiger partial charge on any atom is -0.380 e. The highest BCUT2D eigenvalue weighted by Crippen LogP contribution is 2.28. The first-order chi connectivity index (χ1) is 9.89. The van der Waals surface area contributed by atoms with E-state index < -0.39 is 5.60 Å². The van der Waals surface area contributed by atoms with E-state index in [0.717, 1.165) is 11.4 Å². The van der Waals surface area contributed by atoms with Crippen molar-refractivity contribution >= 4 is 0 Å². The molecular formula is C16H26N4O2. The van der Waals surface area contributed by atoms with Gasteiger partial charge < -0.3 is 9.63 Å². The van der Waals surface area contributed by atoms with Gasteiger partial charge in [-0.15, -0.1) is 0 Å². The predicted molar refractivity (Wildman–Crippen MR) is 83.6 cm³/mol. The predicted octanol–water partition coefficient (Wildman–Crippen LogP) is 2.84. The third kappa shape index (κ3) is 3.55. The summed E-state index contributed by atoms with van der Waals surface area (Å²) in [6.45, 7) is 14.0. The number of nitrogens with one attached hydrogen (secondary N) is 1. The molecule has 2 heterocycles. The summed E-state index contributed by atoms with van der Waals surface area (Å²) in [4.78, 5) is 4.34. The molecule has 2 aromatic heterocycles. The van der Waals surface area contributed by atoms with Crippen molar-refractivity contribution in [3.8, 4) is 0 Å². The van der Waals surface area contributed by atoms with Gasteiger partial charge in [-0.3, -0.25) is 5.10 Å². The highest BCUT2D eigenvalue weighted by atomic mass is 16.5. The Kier molecular flexibility index (Phi) is 3.94. The van der Waals surface area contributed by atoms with E-state index in [1.807, 2.05) is 26.8 Å². The summed E-state index contributed by atoms with van der Waals surface area (Å²) in [7, 11) is 0. The van der Waals surface area contributed by atoms with Crippen molar-refractivity contribution in [1.29, 1.82) is 0 Å². The highest BCUT2D eigenvalue weighted by molar-refractivity contribution is 5.18. The van der Waals surface area contributed by atoms with Crippen LogP contribution in [0.3, 0.4) is 0 Å². The molecule has 0 spiro atoms. The Bertz CT molecular complexity index is 642. The fourth-order valence-electron chi connectivity index (χ4n) is 2.01. The van der Waals surface area contributed by atoms with E-state index in [1.54, 1.807) is 6.92 Å². The molecule has 2 rings (SSSR count). The Morgan fingerprint density at radius 1 is 1.09 bits per heavy atom. The molecule has 1 atom stereocenters. The molecule has 0 aliphatic heterocycles. The molecule has 6 heteroatoms. The van der Waals surface area contributed by atoms with Gasteiger partial charge in [0.15, 0.2) is 5.82 Å². The lowest BCUT2D eigenvalue weighted by Gasteiger charge is -2.17. The van der Waals surface area contributed by atoms with Crippen LogP contribution in [-0.2, 0) is 22.9 Å². The van der Waals surface area contributed by atoms with Gasteiger partial charge in [0, 0.05) is 22.9 Å². The van der Waals surface area contributed by atoms with E-state index in [2.05, 4.69) is 41.1 Å². The van der Waals surface area contributed by atoms with Crippen LogP contribution in [0.1, 0.15) is 71.6 Å². The Balaban J connectivity index is 2.20. The fourth-order valence-corrected chi connectivity index (χ4v) is 2.01. The minimum atomic E-state index is -1.25. The number of aromatic nitrogens is 4. The second-order valence-electron chi connectivity index (χ2n) is 8.15. The van der Waals surface area contributed by atoms with Crippen molar-refractivity contribution in [1.82, 2.24) is 20.3 Å². The van der Waals surface area contributed by atoms with Crippen molar-refractivity contribution in [3.05, 3.63) is 29.2 Å². The summed E-state index contributed by atoms with van der Waals surface area (Å²) in [6.07, 6.45) is 0.311. The van der Waals surface area contributed by atoms with Crippen molar-refractivity contribution in [2.24, 2.45) is 0 Å². The first kappa shape index (κ1) is 16.7. The molecule has 0 bridgehead atoms. The molecule has 0 aliphatic rings. The number of rotatable bonds is 3. The maximum atomic E-state index is 10.7. The maximum absolute atomic E-state index is 10.7. The minimum absolute atomic E-state index is 0.0129. The Hall–Kier alpha value is -1.69. The monoisotopic (exact) mass is 306 g/mol. The fraction of sp³-hybridized carbons (Fsp3) is 0.688. The van der Waals surface area contributed by atoms with Crippen LogP contribution in [0.2, 0.25) is 0 Å². The third-order valence-electron chi connectivity index (χ3n) is 3.52. The van der Waals surface area contributed by atoms with E-state index in [4.69, 9.17) is 4.52 Å². The third-order valence-corrected chi connectivity index (χ3v) is 3.52. The van der Waals surface area contributed by atoms with Crippen molar-refractivity contribution in [2.75, 3.05) is 0 Å². The Morgan fingerprint density at radius 3 is 2.18 bits per heavy atom. The highest BCUT2D eigenvalue weighted by Gasteiger charge is 2.34. The average molecular weight is 306 g/mol. The van der Waals surface area contributed by atoms with Crippen LogP contribution in [-0.4, -0.2) is 25.4 Å². The van der Waals surface area contributed by atoms with E-state index >= 15 is 0 Å². The quantitative estimate of drug-likeness (QED) is 0.910. The van der Waals surface area contributed by atoms with Gasteiger partial charge in [-0.05, 0) is 13.0 Å².